The summed E-state index contributed by atoms with van der Waals surface area (Å²) in [6, 6.07) is 21.9. The molecule has 1 saturated carbocycles. The number of aromatic nitrogens is 2. The van der Waals surface area contributed by atoms with E-state index in [4.69, 9.17) is 14.9 Å². The fraction of sp³-hybridized carbons (Fsp3) is 0.341. The fourth-order valence-corrected chi connectivity index (χ4v) is 6.51. The summed E-state index contributed by atoms with van der Waals surface area (Å²) in [7, 11) is 0. The molecule has 3 aromatic carbocycles. The predicted octanol–water partition coefficient (Wildman–Crippen LogP) is 6.94. The van der Waals surface area contributed by atoms with Gasteiger partial charge in [0.15, 0.2) is 0 Å². The quantitative estimate of drug-likeness (QED) is 0.0835. The number of nitrogens with zero attached hydrogens (tertiary/aromatic N) is 3. The van der Waals surface area contributed by atoms with Crippen LogP contribution >= 0.6 is 0 Å². The van der Waals surface area contributed by atoms with Crippen LogP contribution in [0.15, 0.2) is 90.1 Å². The minimum atomic E-state index is -1.42. The molecule has 0 aliphatic heterocycles. The van der Waals surface area contributed by atoms with Gasteiger partial charge in [0.2, 0.25) is 5.88 Å². The van der Waals surface area contributed by atoms with Crippen LogP contribution in [0.25, 0.3) is 0 Å². The summed E-state index contributed by atoms with van der Waals surface area (Å²) in [5.41, 5.74) is 2.89. The molecule has 4 aromatic rings. The Morgan fingerprint density at radius 3 is 2.06 bits per heavy atom. The lowest BCUT2D eigenvalue weighted by Crippen LogP contribution is -2.39. The second-order valence-corrected chi connectivity index (χ2v) is 13.3. The van der Waals surface area contributed by atoms with Gasteiger partial charge in [0.1, 0.15) is 36.7 Å². The van der Waals surface area contributed by atoms with Gasteiger partial charge in [-0.2, -0.15) is 9.97 Å². The van der Waals surface area contributed by atoms with Gasteiger partial charge in [0.25, 0.3) is 5.91 Å². The molecule has 1 aliphatic rings. The molecule has 53 heavy (non-hydrogen) atoms. The van der Waals surface area contributed by atoms with E-state index in [9.17, 15) is 23.5 Å². The Bertz CT molecular complexity index is 1900. The van der Waals surface area contributed by atoms with Crippen molar-refractivity contribution in [3.8, 4) is 11.9 Å². The first-order valence-corrected chi connectivity index (χ1v) is 17.6. The van der Waals surface area contributed by atoms with Crippen LogP contribution in [0.2, 0.25) is 0 Å². The number of Topliss-reactive ketones (excluding diaryl/α,β-unsaturated/α-hetero) is 1. The van der Waals surface area contributed by atoms with Crippen LogP contribution < -0.4 is 14.8 Å². The largest absolute Gasteiger partial charge is 0.472 e. The van der Waals surface area contributed by atoms with Gasteiger partial charge in [0.05, 0.1) is 23.4 Å². The molecular formula is C41H45F2N5O5. The van der Waals surface area contributed by atoms with Gasteiger partial charge in [-0.3, -0.25) is 9.59 Å². The van der Waals surface area contributed by atoms with Crippen LogP contribution in [0.4, 0.5) is 8.78 Å². The van der Waals surface area contributed by atoms with Gasteiger partial charge in [-0.25, -0.2) is 8.78 Å². The number of aliphatic hydroxyl groups is 1. The highest BCUT2D eigenvalue weighted by molar-refractivity contribution is 6.11. The molecule has 1 heterocycles. The highest BCUT2D eigenvalue weighted by atomic mass is 19.1. The number of rotatable bonds is 16. The average Bonchev–Trinajstić information content (AvgIpc) is 3.13. The Labute approximate surface area is 308 Å². The number of carbonyl (C=O) groups excluding carboxylic acids is 2. The number of nitrogens with one attached hydrogen (secondary N) is 2. The molecule has 5 rings (SSSR count). The molecule has 0 spiro atoms. The standard InChI is InChI=1S/C41H45F2N5O5/c1-26(45-35-16-14-32(15-17-35)28(3)49)36(21-44)40(51)48(22-31-18-33(42)20-34(43)19-31)23-37(50)38-27(2)46-41(53-25-30-12-8-5-9-13-30)47-39(38)52-24-29-10-6-4-7-11-29/h4-13,18-21,32,35,37,44-45,50H,14-17,22-25H2,1-3H3/b36-26+,44-21?/t32-,35-,37?. The van der Waals surface area contributed by atoms with Crippen LogP contribution in [0.5, 0.6) is 11.9 Å². The summed E-state index contributed by atoms with van der Waals surface area (Å²) >= 11 is 0. The van der Waals surface area contributed by atoms with Gasteiger partial charge in [-0.05, 0) is 75.3 Å². The Balaban J connectivity index is 1.45. The number of ketones is 1. The molecule has 1 amide bonds. The van der Waals surface area contributed by atoms with E-state index < -0.39 is 23.6 Å². The van der Waals surface area contributed by atoms with Crippen molar-refractivity contribution in [3.05, 3.63) is 130 Å². The van der Waals surface area contributed by atoms with E-state index in [0.29, 0.717) is 11.4 Å². The van der Waals surface area contributed by atoms with E-state index in [1.54, 1.807) is 20.8 Å². The van der Waals surface area contributed by atoms with Crippen LogP contribution in [-0.4, -0.2) is 50.5 Å². The average molecular weight is 726 g/mol. The van der Waals surface area contributed by atoms with E-state index in [2.05, 4.69) is 15.3 Å². The maximum absolute atomic E-state index is 14.3. The van der Waals surface area contributed by atoms with Crippen molar-refractivity contribution >= 4 is 17.9 Å². The number of hydrogen-bond donors (Lipinski definition) is 3. The second kappa shape index (κ2) is 18.3. The van der Waals surface area contributed by atoms with Crippen molar-refractivity contribution in [2.45, 2.75) is 78.4 Å². The third-order valence-corrected chi connectivity index (χ3v) is 9.32. The Morgan fingerprint density at radius 1 is 0.906 bits per heavy atom. The van der Waals surface area contributed by atoms with Crippen LogP contribution in [0.3, 0.4) is 0 Å². The number of benzene rings is 3. The van der Waals surface area contributed by atoms with Crippen molar-refractivity contribution in [1.29, 1.82) is 5.41 Å². The molecule has 278 valence electrons. The molecule has 12 heteroatoms. The smallest absolute Gasteiger partial charge is 0.320 e. The SMILES string of the molecule is C/C(N[C@H]1CC[C@H](C(C)=O)CC1)=C(/C=N)C(=O)N(Cc1cc(F)cc(F)c1)CC(O)c1c(C)nc(OCc2ccccc2)nc1OCc1ccccc1. The van der Waals surface area contributed by atoms with Crippen molar-refractivity contribution in [3.63, 3.8) is 0 Å². The number of hydrogen-bond acceptors (Lipinski definition) is 9. The fourth-order valence-electron chi connectivity index (χ4n) is 6.51. The number of allylic oxidation sites excluding steroid dienone is 1. The van der Waals surface area contributed by atoms with Crippen molar-refractivity contribution in [1.82, 2.24) is 20.2 Å². The zero-order chi connectivity index (χ0) is 37.9. The summed E-state index contributed by atoms with van der Waals surface area (Å²) in [6.45, 7) is 4.61. The topological polar surface area (TPSA) is 138 Å². The van der Waals surface area contributed by atoms with E-state index >= 15 is 0 Å². The minimum Gasteiger partial charge on any atom is -0.472 e. The molecular weight excluding hydrogens is 680 g/mol. The van der Waals surface area contributed by atoms with Gasteiger partial charge < -0.3 is 30.2 Å². The Hall–Kier alpha value is -5.49. The maximum Gasteiger partial charge on any atom is 0.320 e. The predicted molar refractivity (Wildman–Crippen MR) is 196 cm³/mol. The van der Waals surface area contributed by atoms with Crippen LogP contribution in [0, 0.1) is 29.9 Å². The first kappa shape index (κ1) is 38.7. The molecule has 1 fully saturated rings. The monoisotopic (exact) mass is 725 g/mol. The van der Waals surface area contributed by atoms with Crippen LogP contribution in [0.1, 0.15) is 73.6 Å². The normalized spacial score (nSPS) is 16.6. The summed E-state index contributed by atoms with van der Waals surface area (Å²) < 4.78 is 40.7. The van der Waals surface area contributed by atoms with Crippen molar-refractivity contribution < 1.29 is 33.0 Å². The highest BCUT2D eigenvalue weighted by Gasteiger charge is 2.29. The van der Waals surface area contributed by atoms with Crippen molar-refractivity contribution in [2.24, 2.45) is 5.92 Å². The minimum absolute atomic E-state index is 0.00329. The Morgan fingerprint density at radius 2 is 1.49 bits per heavy atom. The molecule has 0 bridgehead atoms. The molecule has 1 aliphatic carbocycles. The summed E-state index contributed by atoms with van der Waals surface area (Å²) in [6.07, 6.45) is 2.41. The molecule has 1 atom stereocenters. The van der Waals surface area contributed by atoms with E-state index in [1.807, 2.05) is 60.7 Å². The lowest BCUT2D eigenvalue weighted by molar-refractivity contribution is -0.128. The van der Waals surface area contributed by atoms with Gasteiger partial charge in [-0.1, -0.05) is 60.7 Å². The summed E-state index contributed by atoms with van der Waals surface area (Å²) in [5, 5.41) is 23.4. The van der Waals surface area contributed by atoms with Gasteiger partial charge >= 0.3 is 6.01 Å². The van der Waals surface area contributed by atoms with Gasteiger partial charge in [-0.15, -0.1) is 0 Å². The number of aryl methyl sites for hydroxylation is 1. The van der Waals surface area contributed by atoms with Gasteiger partial charge in [0, 0.05) is 36.5 Å². The molecule has 0 saturated heterocycles. The van der Waals surface area contributed by atoms with Crippen molar-refractivity contribution in [2.75, 3.05) is 6.54 Å². The third kappa shape index (κ3) is 10.8. The first-order chi connectivity index (χ1) is 25.5. The summed E-state index contributed by atoms with van der Waals surface area (Å²) in [5.74, 6) is -2.05. The maximum atomic E-state index is 14.3. The lowest BCUT2D eigenvalue weighted by Gasteiger charge is -2.30. The zero-order valence-electron chi connectivity index (χ0n) is 30.1. The molecule has 3 N–H and O–H groups in total. The van der Waals surface area contributed by atoms with E-state index in [-0.39, 0.29) is 72.6 Å². The lowest BCUT2D eigenvalue weighted by atomic mass is 9.84. The molecule has 10 nitrogen and oxygen atoms in total. The highest BCUT2D eigenvalue weighted by Crippen LogP contribution is 2.31. The first-order valence-electron chi connectivity index (χ1n) is 17.6. The Kier molecular flexibility index (Phi) is 13.4. The van der Waals surface area contributed by atoms with Crippen LogP contribution in [-0.2, 0) is 29.3 Å². The number of halogens is 2. The second-order valence-electron chi connectivity index (χ2n) is 13.3. The van der Waals surface area contributed by atoms with E-state index in [0.717, 1.165) is 61.2 Å². The third-order valence-electron chi connectivity index (χ3n) is 9.32. The molecule has 0 radical (unpaired) electrons. The summed E-state index contributed by atoms with van der Waals surface area (Å²) in [4.78, 5) is 36.4. The van der Waals surface area contributed by atoms with E-state index in [1.165, 1.54) is 4.90 Å². The number of ether oxygens (including phenoxy) is 2. The molecule has 1 aromatic heterocycles. The molecule has 1 unspecified atom stereocenters. The number of aliphatic hydroxyl groups excluding tert-OH is 1. The zero-order valence-corrected chi connectivity index (χ0v) is 30.1. The number of amides is 1. The number of carbonyl (C=O) groups is 2.